The number of nitrogens with one attached hydrogen (secondary N) is 3. The summed E-state index contributed by atoms with van der Waals surface area (Å²) in [5.74, 6) is -1.14. The van der Waals surface area contributed by atoms with Gasteiger partial charge in [0.1, 0.15) is 0 Å². The van der Waals surface area contributed by atoms with Gasteiger partial charge in [0.2, 0.25) is 23.6 Å². The Kier molecular flexibility index (Phi) is 5.13. The maximum Gasteiger partial charge on any atom is 0.239 e. The number of carbonyl (C=O) groups excluding carboxylic acids is 4. The van der Waals surface area contributed by atoms with Crippen molar-refractivity contribution in [3.05, 3.63) is 0 Å². The van der Waals surface area contributed by atoms with E-state index >= 15 is 0 Å². The van der Waals surface area contributed by atoms with Crippen LogP contribution in [0.15, 0.2) is 0 Å². The highest BCUT2D eigenvalue weighted by Crippen LogP contribution is 2.12. The lowest BCUT2D eigenvalue weighted by atomic mass is 10.0. The average molecular weight is 296 g/mol. The van der Waals surface area contributed by atoms with E-state index in [1.807, 2.05) is 0 Å². The van der Waals surface area contributed by atoms with Crippen LogP contribution in [0.4, 0.5) is 0 Å². The zero-order valence-electron chi connectivity index (χ0n) is 11.8. The molecule has 4 amide bonds. The number of hydrogen-bond donors (Lipinski definition) is 3. The molecule has 116 valence electrons. The van der Waals surface area contributed by atoms with Crippen LogP contribution in [0.3, 0.4) is 0 Å². The highest BCUT2D eigenvalue weighted by atomic mass is 16.2. The molecule has 1 atom stereocenters. The van der Waals surface area contributed by atoms with Gasteiger partial charge in [0.05, 0.1) is 13.1 Å². The fourth-order valence-electron chi connectivity index (χ4n) is 2.49. The normalized spacial score (nSPS) is 25.5. The summed E-state index contributed by atoms with van der Waals surface area (Å²) in [6.45, 7) is 0.802. The van der Waals surface area contributed by atoms with Gasteiger partial charge in [-0.15, -0.1) is 0 Å². The third-order valence-corrected chi connectivity index (χ3v) is 3.60. The number of piperidine rings is 1. The molecule has 2 aliphatic rings. The van der Waals surface area contributed by atoms with Crippen molar-refractivity contribution in [1.29, 1.82) is 0 Å². The molecule has 0 aromatic heterocycles. The van der Waals surface area contributed by atoms with Crippen molar-refractivity contribution in [1.82, 2.24) is 20.9 Å². The van der Waals surface area contributed by atoms with Gasteiger partial charge in [0.25, 0.3) is 0 Å². The molecular formula is C13H20N4O4. The standard InChI is InChI=1S/C13H20N4O4/c18-10-3-4-13(21)17-5-1-2-9(8-17)16-12(20)7-15-11(19)6-14-10/h9H,1-8H2,(H,14,18)(H,15,19)(H,16,20). The lowest BCUT2D eigenvalue weighted by Crippen LogP contribution is -2.52. The highest BCUT2D eigenvalue weighted by molar-refractivity contribution is 5.89. The van der Waals surface area contributed by atoms with Gasteiger partial charge in [0, 0.05) is 32.0 Å². The summed E-state index contributed by atoms with van der Waals surface area (Å²) in [5, 5.41) is 7.68. The molecule has 2 heterocycles. The van der Waals surface area contributed by atoms with Crippen LogP contribution in [-0.2, 0) is 19.2 Å². The molecule has 2 aliphatic heterocycles. The van der Waals surface area contributed by atoms with Crippen LogP contribution < -0.4 is 16.0 Å². The van der Waals surface area contributed by atoms with Gasteiger partial charge in [-0.3, -0.25) is 19.2 Å². The molecule has 8 heteroatoms. The summed E-state index contributed by atoms with van der Waals surface area (Å²) in [6.07, 6.45) is 1.81. The van der Waals surface area contributed by atoms with Gasteiger partial charge < -0.3 is 20.9 Å². The van der Waals surface area contributed by atoms with Crippen molar-refractivity contribution in [2.24, 2.45) is 0 Å². The second-order valence-corrected chi connectivity index (χ2v) is 5.30. The Hall–Kier alpha value is -2.12. The predicted octanol–water partition coefficient (Wildman–Crippen LogP) is -1.88. The first-order chi connectivity index (χ1) is 10.0. The van der Waals surface area contributed by atoms with E-state index in [0.717, 1.165) is 12.8 Å². The van der Waals surface area contributed by atoms with Crippen molar-refractivity contribution in [3.8, 4) is 0 Å². The fourth-order valence-corrected chi connectivity index (χ4v) is 2.49. The Balaban J connectivity index is 2.01. The Bertz CT molecular complexity index is 451. The zero-order valence-corrected chi connectivity index (χ0v) is 11.8. The van der Waals surface area contributed by atoms with E-state index in [9.17, 15) is 19.2 Å². The smallest absolute Gasteiger partial charge is 0.239 e. The van der Waals surface area contributed by atoms with Crippen LogP contribution in [0.25, 0.3) is 0 Å². The van der Waals surface area contributed by atoms with Crippen LogP contribution in [0.1, 0.15) is 25.7 Å². The van der Waals surface area contributed by atoms with Crippen molar-refractivity contribution in [2.75, 3.05) is 26.2 Å². The molecule has 3 N–H and O–H groups in total. The fraction of sp³-hybridized carbons (Fsp3) is 0.692. The predicted molar refractivity (Wildman–Crippen MR) is 73.0 cm³/mol. The van der Waals surface area contributed by atoms with E-state index in [4.69, 9.17) is 0 Å². The van der Waals surface area contributed by atoms with Crippen LogP contribution >= 0.6 is 0 Å². The number of hydrogen-bond acceptors (Lipinski definition) is 4. The third kappa shape index (κ3) is 4.73. The molecule has 2 bridgehead atoms. The molecule has 0 aliphatic carbocycles. The van der Waals surface area contributed by atoms with E-state index in [1.165, 1.54) is 0 Å². The van der Waals surface area contributed by atoms with Gasteiger partial charge in [-0.2, -0.15) is 0 Å². The average Bonchev–Trinajstić information content (AvgIpc) is 2.48. The molecule has 0 radical (unpaired) electrons. The highest BCUT2D eigenvalue weighted by Gasteiger charge is 2.25. The van der Waals surface area contributed by atoms with Crippen molar-refractivity contribution in [2.45, 2.75) is 31.7 Å². The molecule has 2 saturated heterocycles. The first-order valence-corrected chi connectivity index (χ1v) is 7.15. The van der Waals surface area contributed by atoms with E-state index < -0.39 is 5.91 Å². The Morgan fingerprint density at radius 2 is 1.62 bits per heavy atom. The SMILES string of the molecule is O=C1CCC(=O)N2CCCC(C2)NC(=O)CNC(=O)CN1. The Morgan fingerprint density at radius 1 is 0.905 bits per heavy atom. The number of nitrogens with zero attached hydrogens (tertiary/aromatic N) is 1. The largest absolute Gasteiger partial charge is 0.350 e. The number of fused-ring (bicyclic) bond motifs is 2. The van der Waals surface area contributed by atoms with Gasteiger partial charge in [0.15, 0.2) is 0 Å². The summed E-state index contributed by atoms with van der Waals surface area (Å²) in [7, 11) is 0. The number of rotatable bonds is 0. The summed E-state index contributed by atoms with van der Waals surface area (Å²) in [5.41, 5.74) is 0. The molecule has 8 nitrogen and oxygen atoms in total. The Morgan fingerprint density at radius 3 is 2.43 bits per heavy atom. The van der Waals surface area contributed by atoms with E-state index in [0.29, 0.717) is 13.1 Å². The number of amides is 4. The van der Waals surface area contributed by atoms with Gasteiger partial charge in [-0.1, -0.05) is 0 Å². The molecule has 0 saturated carbocycles. The van der Waals surface area contributed by atoms with Gasteiger partial charge in [-0.05, 0) is 12.8 Å². The zero-order chi connectivity index (χ0) is 15.2. The maximum absolute atomic E-state index is 12.0. The molecule has 1 unspecified atom stereocenters. The molecular weight excluding hydrogens is 276 g/mol. The number of carbonyl (C=O) groups is 4. The van der Waals surface area contributed by atoms with Crippen LogP contribution in [0.5, 0.6) is 0 Å². The summed E-state index contributed by atoms with van der Waals surface area (Å²) in [6, 6.07) is -0.0936. The van der Waals surface area contributed by atoms with E-state index in [2.05, 4.69) is 16.0 Å². The minimum atomic E-state index is -0.424. The van der Waals surface area contributed by atoms with E-state index in [-0.39, 0.29) is 49.7 Å². The Labute approximate surface area is 122 Å². The minimum absolute atomic E-state index is 0.0691. The second kappa shape index (κ2) is 7.05. The third-order valence-electron chi connectivity index (χ3n) is 3.60. The molecule has 2 rings (SSSR count). The van der Waals surface area contributed by atoms with Crippen molar-refractivity contribution >= 4 is 23.6 Å². The van der Waals surface area contributed by atoms with Gasteiger partial charge in [-0.25, -0.2) is 0 Å². The topological polar surface area (TPSA) is 108 Å². The summed E-state index contributed by atoms with van der Waals surface area (Å²) in [4.78, 5) is 48.4. The molecule has 0 aromatic rings. The van der Waals surface area contributed by atoms with Crippen LogP contribution in [0, 0.1) is 0 Å². The molecule has 0 spiro atoms. The lowest BCUT2D eigenvalue weighted by Gasteiger charge is -2.33. The molecule has 2 fully saturated rings. The summed E-state index contributed by atoms with van der Waals surface area (Å²) < 4.78 is 0. The van der Waals surface area contributed by atoms with Crippen molar-refractivity contribution < 1.29 is 19.2 Å². The van der Waals surface area contributed by atoms with Crippen LogP contribution in [0.2, 0.25) is 0 Å². The van der Waals surface area contributed by atoms with Crippen molar-refractivity contribution in [3.63, 3.8) is 0 Å². The quantitative estimate of drug-likeness (QED) is 0.486. The minimum Gasteiger partial charge on any atom is -0.350 e. The maximum atomic E-state index is 12.0. The second-order valence-electron chi connectivity index (χ2n) is 5.30. The first-order valence-electron chi connectivity index (χ1n) is 7.15. The first kappa shape index (κ1) is 15.3. The van der Waals surface area contributed by atoms with Gasteiger partial charge >= 0.3 is 0 Å². The lowest BCUT2D eigenvalue weighted by molar-refractivity contribution is -0.135. The summed E-state index contributed by atoms with van der Waals surface area (Å²) >= 11 is 0. The monoisotopic (exact) mass is 296 g/mol. The molecule has 21 heavy (non-hydrogen) atoms. The molecule has 0 aromatic carbocycles. The van der Waals surface area contributed by atoms with Crippen LogP contribution in [-0.4, -0.2) is 60.7 Å². The van der Waals surface area contributed by atoms with E-state index in [1.54, 1.807) is 4.90 Å².